The van der Waals surface area contributed by atoms with Gasteiger partial charge in [0.05, 0.1) is 23.6 Å². The molecule has 0 saturated carbocycles. The van der Waals surface area contributed by atoms with Crippen LogP contribution in [-0.2, 0) is 0 Å². The van der Waals surface area contributed by atoms with Crippen LogP contribution in [0.3, 0.4) is 0 Å². The number of carbonyl (C=O) groups excluding carboxylic acids is 1. The zero-order valence-corrected chi connectivity index (χ0v) is 15.0. The van der Waals surface area contributed by atoms with Gasteiger partial charge in [0.1, 0.15) is 17.6 Å². The molecule has 7 heteroatoms. The molecule has 0 aliphatic heterocycles. The fourth-order valence-corrected chi connectivity index (χ4v) is 2.38. The van der Waals surface area contributed by atoms with E-state index in [1.54, 1.807) is 24.3 Å². The van der Waals surface area contributed by atoms with Crippen molar-refractivity contribution in [1.82, 2.24) is 9.97 Å². The third-order valence-electron chi connectivity index (χ3n) is 3.84. The van der Waals surface area contributed by atoms with E-state index in [2.05, 4.69) is 20.6 Å². The molecule has 3 aromatic rings. The van der Waals surface area contributed by atoms with Gasteiger partial charge in [-0.25, -0.2) is 9.97 Å². The highest BCUT2D eigenvalue weighted by molar-refractivity contribution is 6.03. The molecule has 2 N–H and O–H groups in total. The number of anilines is 4. The number of nitrogens with one attached hydrogen (secondary N) is 2. The van der Waals surface area contributed by atoms with E-state index in [0.717, 1.165) is 11.4 Å². The van der Waals surface area contributed by atoms with Gasteiger partial charge in [-0.15, -0.1) is 0 Å². The van der Waals surface area contributed by atoms with Crippen LogP contribution in [0.4, 0.5) is 22.9 Å². The molecule has 0 aliphatic rings. The predicted molar refractivity (Wildman–Crippen MR) is 105 cm³/mol. The fraction of sp³-hybridized carbons (Fsp3) is 0.100. The lowest BCUT2D eigenvalue weighted by Gasteiger charge is -2.13. The minimum absolute atomic E-state index is 0.163. The molecule has 1 aromatic heterocycles. The Balaban J connectivity index is 1.67. The van der Waals surface area contributed by atoms with E-state index < -0.39 is 5.91 Å². The van der Waals surface area contributed by atoms with E-state index >= 15 is 0 Å². The summed E-state index contributed by atoms with van der Waals surface area (Å²) in [4.78, 5) is 22.7. The summed E-state index contributed by atoms with van der Waals surface area (Å²) in [6.07, 6.45) is 2.88. The first-order chi connectivity index (χ1) is 13.1. The van der Waals surface area contributed by atoms with Crippen LogP contribution < -0.4 is 15.5 Å². The van der Waals surface area contributed by atoms with E-state index in [1.165, 1.54) is 12.4 Å². The van der Waals surface area contributed by atoms with Crippen LogP contribution in [0.25, 0.3) is 0 Å². The first kappa shape index (κ1) is 17.9. The second kappa shape index (κ2) is 7.97. The van der Waals surface area contributed by atoms with E-state index in [1.807, 2.05) is 49.3 Å². The molecule has 0 saturated heterocycles. The minimum Gasteiger partial charge on any atom is -0.378 e. The van der Waals surface area contributed by atoms with Crippen molar-refractivity contribution in [1.29, 1.82) is 5.26 Å². The lowest BCUT2D eigenvalue weighted by molar-refractivity contribution is 0.102. The molecule has 0 aliphatic carbocycles. The van der Waals surface area contributed by atoms with Crippen molar-refractivity contribution in [3.63, 3.8) is 0 Å². The quantitative estimate of drug-likeness (QED) is 0.726. The van der Waals surface area contributed by atoms with E-state index in [-0.39, 0.29) is 5.69 Å². The Hall–Kier alpha value is -3.92. The molecule has 7 nitrogen and oxygen atoms in total. The summed E-state index contributed by atoms with van der Waals surface area (Å²) in [5.41, 5.74) is 2.95. The molecule has 1 heterocycles. The second-order valence-corrected chi connectivity index (χ2v) is 5.96. The molecular formula is C20H18N6O. The molecule has 2 aromatic carbocycles. The number of para-hydroxylation sites is 1. The van der Waals surface area contributed by atoms with Crippen molar-refractivity contribution in [2.24, 2.45) is 0 Å². The highest BCUT2D eigenvalue weighted by Gasteiger charge is 2.11. The molecule has 0 radical (unpaired) electrons. The van der Waals surface area contributed by atoms with Gasteiger partial charge in [0, 0.05) is 25.5 Å². The summed E-state index contributed by atoms with van der Waals surface area (Å²) >= 11 is 0. The van der Waals surface area contributed by atoms with Gasteiger partial charge < -0.3 is 15.5 Å². The lowest BCUT2D eigenvalue weighted by atomic mass is 10.2. The second-order valence-electron chi connectivity index (χ2n) is 5.96. The lowest BCUT2D eigenvalue weighted by Crippen LogP contribution is -2.15. The van der Waals surface area contributed by atoms with Crippen molar-refractivity contribution >= 4 is 28.8 Å². The molecule has 1 amide bonds. The third-order valence-corrected chi connectivity index (χ3v) is 3.84. The highest BCUT2D eigenvalue weighted by Crippen LogP contribution is 2.19. The van der Waals surface area contributed by atoms with Crippen LogP contribution in [0.5, 0.6) is 0 Å². The highest BCUT2D eigenvalue weighted by atomic mass is 16.1. The van der Waals surface area contributed by atoms with Crippen LogP contribution in [0.1, 0.15) is 16.1 Å². The average molecular weight is 358 g/mol. The number of rotatable bonds is 5. The SMILES string of the molecule is CN(C)c1ccc(Nc2cnc(C(=O)Nc3ccccc3C#N)cn2)cc1. The fourth-order valence-electron chi connectivity index (χ4n) is 2.38. The molecule has 0 fully saturated rings. The van der Waals surface area contributed by atoms with Crippen molar-refractivity contribution in [2.75, 3.05) is 29.6 Å². The number of hydrogen-bond donors (Lipinski definition) is 2. The van der Waals surface area contributed by atoms with Crippen LogP contribution in [0.15, 0.2) is 60.9 Å². The monoisotopic (exact) mass is 358 g/mol. The summed E-state index contributed by atoms with van der Waals surface area (Å²) < 4.78 is 0. The summed E-state index contributed by atoms with van der Waals surface area (Å²) in [6, 6.07) is 16.7. The van der Waals surface area contributed by atoms with E-state index in [0.29, 0.717) is 17.1 Å². The topological polar surface area (TPSA) is 93.9 Å². The zero-order valence-electron chi connectivity index (χ0n) is 15.0. The minimum atomic E-state index is -0.424. The number of carbonyl (C=O) groups is 1. The molecule has 27 heavy (non-hydrogen) atoms. The smallest absolute Gasteiger partial charge is 0.275 e. The molecule has 3 rings (SSSR count). The Morgan fingerprint density at radius 2 is 1.78 bits per heavy atom. The van der Waals surface area contributed by atoms with Gasteiger partial charge in [-0.2, -0.15) is 5.26 Å². The Labute approximate surface area is 157 Å². The number of benzene rings is 2. The maximum Gasteiger partial charge on any atom is 0.275 e. The summed E-state index contributed by atoms with van der Waals surface area (Å²) in [6.45, 7) is 0. The Kier molecular flexibility index (Phi) is 5.28. The number of nitrogens with zero attached hydrogens (tertiary/aromatic N) is 4. The Bertz CT molecular complexity index is 975. The standard InChI is InChI=1S/C20H18N6O/c1-26(2)16-9-7-15(8-10-16)24-19-13-22-18(12-23-19)20(27)25-17-6-4-3-5-14(17)11-21/h3-10,12-13H,1-2H3,(H,23,24)(H,25,27). The first-order valence-corrected chi connectivity index (χ1v) is 8.24. The average Bonchev–Trinajstić information content (AvgIpc) is 2.69. The van der Waals surface area contributed by atoms with E-state index in [9.17, 15) is 4.79 Å². The number of amides is 1. The normalized spacial score (nSPS) is 9.96. The van der Waals surface area contributed by atoms with Crippen molar-refractivity contribution < 1.29 is 4.79 Å². The van der Waals surface area contributed by atoms with Gasteiger partial charge in [-0.1, -0.05) is 12.1 Å². The van der Waals surface area contributed by atoms with Crippen molar-refractivity contribution in [3.05, 3.63) is 72.2 Å². The third kappa shape index (κ3) is 4.38. The summed E-state index contributed by atoms with van der Waals surface area (Å²) in [5, 5.41) is 14.9. The van der Waals surface area contributed by atoms with Gasteiger partial charge in [-0.3, -0.25) is 4.79 Å². The van der Waals surface area contributed by atoms with Gasteiger partial charge in [-0.05, 0) is 36.4 Å². The van der Waals surface area contributed by atoms with Gasteiger partial charge in [0.25, 0.3) is 5.91 Å². The zero-order chi connectivity index (χ0) is 19.2. The van der Waals surface area contributed by atoms with Crippen LogP contribution >= 0.6 is 0 Å². The number of aromatic nitrogens is 2. The molecule has 0 bridgehead atoms. The van der Waals surface area contributed by atoms with Crippen LogP contribution in [0, 0.1) is 11.3 Å². The Morgan fingerprint density at radius 3 is 2.41 bits per heavy atom. The summed E-state index contributed by atoms with van der Waals surface area (Å²) in [7, 11) is 3.96. The van der Waals surface area contributed by atoms with Crippen molar-refractivity contribution in [3.8, 4) is 6.07 Å². The molecule has 134 valence electrons. The van der Waals surface area contributed by atoms with Gasteiger partial charge in [0.15, 0.2) is 0 Å². The maximum atomic E-state index is 12.3. The number of hydrogen-bond acceptors (Lipinski definition) is 6. The van der Waals surface area contributed by atoms with Crippen molar-refractivity contribution in [2.45, 2.75) is 0 Å². The molecular weight excluding hydrogens is 340 g/mol. The van der Waals surface area contributed by atoms with Gasteiger partial charge >= 0.3 is 0 Å². The van der Waals surface area contributed by atoms with Crippen LogP contribution in [0.2, 0.25) is 0 Å². The predicted octanol–water partition coefficient (Wildman–Crippen LogP) is 3.41. The first-order valence-electron chi connectivity index (χ1n) is 8.24. The summed E-state index contributed by atoms with van der Waals surface area (Å²) in [5.74, 6) is 0.105. The largest absolute Gasteiger partial charge is 0.378 e. The van der Waals surface area contributed by atoms with Gasteiger partial charge in [0.2, 0.25) is 0 Å². The van der Waals surface area contributed by atoms with E-state index in [4.69, 9.17) is 5.26 Å². The molecule has 0 spiro atoms. The maximum absolute atomic E-state index is 12.3. The molecule has 0 atom stereocenters. The van der Waals surface area contributed by atoms with Crippen LogP contribution in [-0.4, -0.2) is 30.0 Å². The Morgan fingerprint density at radius 1 is 1.04 bits per heavy atom. The molecule has 0 unspecified atom stereocenters. The number of nitriles is 1.